The second-order valence-corrected chi connectivity index (χ2v) is 5.65. The third kappa shape index (κ3) is 4.42. The maximum absolute atomic E-state index is 13.5. The summed E-state index contributed by atoms with van der Waals surface area (Å²) in [6.45, 7) is 6.11. The number of rotatable bonds is 4. The Labute approximate surface area is 136 Å². The fourth-order valence-electron chi connectivity index (χ4n) is 2.31. The van der Waals surface area contributed by atoms with Gasteiger partial charge in [-0.05, 0) is 36.1 Å². The molecule has 0 aromatic heterocycles. The van der Waals surface area contributed by atoms with E-state index in [9.17, 15) is 9.18 Å². The molecule has 0 heterocycles. The number of anilines is 1. The third-order valence-electron chi connectivity index (χ3n) is 3.55. The van der Waals surface area contributed by atoms with Gasteiger partial charge in [-0.15, -0.1) is 0 Å². The highest BCUT2D eigenvalue weighted by molar-refractivity contribution is 5.92. The molecule has 0 saturated carbocycles. The van der Waals surface area contributed by atoms with Gasteiger partial charge in [0, 0.05) is 17.5 Å². The molecule has 0 aliphatic carbocycles. The Kier molecular flexibility index (Phi) is 5.52. The van der Waals surface area contributed by atoms with E-state index in [2.05, 4.69) is 24.5 Å². The number of hydrogen-bond acceptors (Lipinski definition) is 1. The normalized spacial score (nSPS) is 11.0. The van der Waals surface area contributed by atoms with Gasteiger partial charge in [0.2, 0.25) is 0 Å². The molecule has 0 radical (unpaired) electrons. The maximum atomic E-state index is 13.5. The summed E-state index contributed by atoms with van der Waals surface area (Å²) in [4.78, 5) is 12.0. The predicted octanol–water partition coefficient (Wildman–Crippen LogP) is 5.05. The minimum atomic E-state index is -0.353. The Hall–Kier alpha value is -2.62. The van der Waals surface area contributed by atoms with Crippen LogP contribution < -0.4 is 10.6 Å². The molecule has 0 saturated heterocycles. The van der Waals surface area contributed by atoms with E-state index >= 15 is 0 Å². The van der Waals surface area contributed by atoms with Crippen LogP contribution in [0.25, 0.3) is 6.08 Å². The van der Waals surface area contributed by atoms with Crippen LogP contribution >= 0.6 is 0 Å². The molecule has 0 aliphatic heterocycles. The topological polar surface area (TPSA) is 41.1 Å². The number of aryl methyl sites for hydroxylation is 1. The van der Waals surface area contributed by atoms with E-state index in [4.69, 9.17) is 0 Å². The monoisotopic (exact) mass is 312 g/mol. The first-order valence-corrected chi connectivity index (χ1v) is 7.57. The van der Waals surface area contributed by atoms with Crippen LogP contribution in [0, 0.1) is 12.7 Å². The average molecular weight is 312 g/mol. The molecule has 2 N–H and O–H groups in total. The standard InChI is InChI=1S/C19H21FN2O/c1-13(2)16-9-6-7-14(3)18(16)22-19(23)21-12-11-15-8-4-5-10-17(15)20/h4-13H,1-3H3,(H2,21,22,23)/b12-11+. The van der Waals surface area contributed by atoms with Gasteiger partial charge < -0.3 is 10.6 Å². The summed E-state index contributed by atoms with van der Waals surface area (Å²) >= 11 is 0. The molecule has 0 atom stereocenters. The number of carbonyl (C=O) groups is 1. The highest BCUT2D eigenvalue weighted by Crippen LogP contribution is 2.27. The molecule has 0 fully saturated rings. The molecule has 23 heavy (non-hydrogen) atoms. The summed E-state index contributed by atoms with van der Waals surface area (Å²) in [5, 5.41) is 5.47. The number of benzene rings is 2. The van der Waals surface area contributed by atoms with Gasteiger partial charge in [0.15, 0.2) is 0 Å². The average Bonchev–Trinajstić information content (AvgIpc) is 2.51. The van der Waals surface area contributed by atoms with Crippen LogP contribution in [-0.4, -0.2) is 6.03 Å². The minimum absolute atomic E-state index is 0.305. The van der Waals surface area contributed by atoms with Crippen molar-refractivity contribution in [1.29, 1.82) is 0 Å². The van der Waals surface area contributed by atoms with Crippen molar-refractivity contribution in [3.8, 4) is 0 Å². The highest BCUT2D eigenvalue weighted by Gasteiger charge is 2.11. The van der Waals surface area contributed by atoms with Crippen molar-refractivity contribution in [3.05, 3.63) is 71.2 Å². The van der Waals surface area contributed by atoms with Crippen LogP contribution in [0.5, 0.6) is 0 Å². The van der Waals surface area contributed by atoms with Crippen molar-refractivity contribution >= 4 is 17.8 Å². The van der Waals surface area contributed by atoms with Gasteiger partial charge in [-0.25, -0.2) is 9.18 Å². The zero-order chi connectivity index (χ0) is 16.8. The molecule has 2 rings (SSSR count). The van der Waals surface area contributed by atoms with Gasteiger partial charge in [0.1, 0.15) is 5.82 Å². The third-order valence-corrected chi connectivity index (χ3v) is 3.55. The number of para-hydroxylation sites is 1. The van der Waals surface area contributed by atoms with Gasteiger partial charge in [0.25, 0.3) is 0 Å². The lowest BCUT2D eigenvalue weighted by Gasteiger charge is -2.16. The number of carbonyl (C=O) groups excluding carboxylic acids is 1. The molecule has 120 valence electrons. The summed E-state index contributed by atoms with van der Waals surface area (Å²) < 4.78 is 13.5. The molecular formula is C19H21FN2O. The number of amides is 2. The molecule has 0 spiro atoms. The van der Waals surface area contributed by atoms with E-state index in [0.29, 0.717) is 11.5 Å². The van der Waals surface area contributed by atoms with E-state index in [0.717, 1.165) is 16.8 Å². The Morgan fingerprint density at radius 2 is 1.87 bits per heavy atom. The molecule has 2 aromatic carbocycles. The zero-order valence-corrected chi connectivity index (χ0v) is 13.6. The van der Waals surface area contributed by atoms with Crippen molar-refractivity contribution in [1.82, 2.24) is 5.32 Å². The molecule has 0 aliphatic rings. The Morgan fingerprint density at radius 3 is 2.57 bits per heavy atom. The molecule has 2 amide bonds. The predicted molar refractivity (Wildman–Crippen MR) is 92.9 cm³/mol. The highest BCUT2D eigenvalue weighted by atomic mass is 19.1. The van der Waals surface area contributed by atoms with Crippen molar-refractivity contribution in [2.45, 2.75) is 26.7 Å². The largest absolute Gasteiger partial charge is 0.323 e. The Bertz CT molecular complexity index is 723. The Balaban J connectivity index is 2.05. The molecular weight excluding hydrogens is 291 g/mol. The van der Waals surface area contributed by atoms with E-state index < -0.39 is 0 Å². The first kappa shape index (κ1) is 16.7. The van der Waals surface area contributed by atoms with Gasteiger partial charge in [-0.3, -0.25) is 0 Å². The van der Waals surface area contributed by atoms with Crippen LogP contribution in [0.15, 0.2) is 48.7 Å². The fourth-order valence-corrected chi connectivity index (χ4v) is 2.31. The van der Waals surface area contributed by atoms with Gasteiger partial charge in [0.05, 0.1) is 0 Å². The van der Waals surface area contributed by atoms with E-state index in [1.54, 1.807) is 18.2 Å². The molecule has 3 nitrogen and oxygen atoms in total. The van der Waals surface area contributed by atoms with E-state index in [1.807, 2.05) is 25.1 Å². The molecule has 4 heteroatoms. The number of urea groups is 1. The van der Waals surface area contributed by atoms with E-state index in [-0.39, 0.29) is 11.8 Å². The van der Waals surface area contributed by atoms with Crippen LogP contribution in [-0.2, 0) is 0 Å². The van der Waals surface area contributed by atoms with Crippen molar-refractivity contribution < 1.29 is 9.18 Å². The van der Waals surface area contributed by atoms with Crippen LogP contribution in [0.2, 0.25) is 0 Å². The summed E-state index contributed by atoms with van der Waals surface area (Å²) in [6, 6.07) is 12.0. The van der Waals surface area contributed by atoms with E-state index in [1.165, 1.54) is 18.3 Å². The van der Waals surface area contributed by atoms with Crippen molar-refractivity contribution in [2.75, 3.05) is 5.32 Å². The quantitative estimate of drug-likeness (QED) is 0.815. The summed E-state index contributed by atoms with van der Waals surface area (Å²) in [7, 11) is 0. The summed E-state index contributed by atoms with van der Waals surface area (Å²) in [5.74, 6) is -0.0221. The molecule has 0 bridgehead atoms. The molecule has 2 aromatic rings. The van der Waals surface area contributed by atoms with Crippen molar-refractivity contribution in [3.63, 3.8) is 0 Å². The molecule has 0 unspecified atom stereocenters. The second kappa shape index (κ2) is 7.58. The zero-order valence-electron chi connectivity index (χ0n) is 13.6. The minimum Gasteiger partial charge on any atom is -0.314 e. The first-order valence-electron chi connectivity index (χ1n) is 7.57. The summed E-state index contributed by atoms with van der Waals surface area (Å²) in [6.07, 6.45) is 2.96. The summed E-state index contributed by atoms with van der Waals surface area (Å²) in [5.41, 5.74) is 3.33. The van der Waals surface area contributed by atoms with Crippen molar-refractivity contribution in [2.24, 2.45) is 0 Å². The second-order valence-electron chi connectivity index (χ2n) is 5.65. The number of nitrogens with one attached hydrogen (secondary N) is 2. The first-order chi connectivity index (χ1) is 11.0. The van der Waals surface area contributed by atoms with Crippen LogP contribution in [0.1, 0.15) is 36.5 Å². The smallest absolute Gasteiger partial charge is 0.314 e. The van der Waals surface area contributed by atoms with Gasteiger partial charge >= 0.3 is 6.03 Å². The lowest BCUT2D eigenvalue weighted by Crippen LogP contribution is -2.25. The van der Waals surface area contributed by atoms with Gasteiger partial charge in [-0.2, -0.15) is 0 Å². The lowest BCUT2D eigenvalue weighted by atomic mass is 9.98. The fraction of sp³-hybridized carbons (Fsp3) is 0.211. The number of halogens is 1. The van der Waals surface area contributed by atoms with Crippen LogP contribution in [0.3, 0.4) is 0 Å². The SMILES string of the molecule is Cc1cccc(C(C)C)c1NC(=O)N/C=C/c1ccccc1F. The van der Waals surface area contributed by atoms with Gasteiger partial charge in [-0.1, -0.05) is 50.2 Å². The Morgan fingerprint density at radius 1 is 1.13 bits per heavy atom. The maximum Gasteiger partial charge on any atom is 0.323 e. The number of hydrogen-bond donors (Lipinski definition) is 2. The van der Waals surface area contributed by atoms with Crippen LogP contribution in [0.4, 0.5) is 14.9 Å². The lowest BCUT2D eigenvalue weighted by molar-refractivity contribution is 0.255.